The lowest BCUT2D eigenvalue weighted by atomic mass is 10.1. The van der Waals surface area contributed by atoms with E-state index in [-0.39, 0.29) is 5.75 Å². The van der Waals surface area contributed by atoms with Crippen LogP contribution in [0.2, 0.25) is 0 Å². The average molecular weight is 266 g/mol. The Balaban J connectivity index is 2.13. The highest BCUT2D eigenvalue weighted by Gasteiger charge is 2.08. The predicted molar refractivity (Wildman–Crippen MR) is 74.1 cm³/mol. The van der Waals surface area contributed by atoms with E-state index in [1.54, 1.807) is 6.92 Å². The Morgan fingerprint density at radius 1 is 1.28 bits per heavy atom. The minimum absolute atomic E-state index is 0.128. The Morgan fingerprint density at radius 2 is 2.00 bits per heavy atom. The largest absolute Gasteiger partial charge is 0.350 e. The van der Waals surface area contributed by atoms with Crippen LogP contribution >= 0.6 is 0 Å². The second kappa shape index (κ2) is 5.12. The quantitative estimate of drug-likeness (QED) is 0.895. The van der Waals surface area contributed by atoms with Crippen LogP contribution in [0.15, 0.2) is 30.5 Å². The predicted octanol–water partition coefficient (Wildman–Crippen LogP) is 1.66. The Morgan fingerprint density at radius 3 is 2.72 bits per heavy atom. The summed E-state index contributed by atoms with van der Waals surface area (Å²) in [6.45, 7) is 2.09. The van der Waals surface area contributed by atoms with Gasteiger partial charge in [0.25, 0.3) is 0 Å². The molecule has 0 bridgehead atoms. The first-order chi connectivity index (χ1) is 8.53. The molecule has 0 saturated carbocycles. The van der Waals surface area contributed by atoms with Crippen molar-refractivity contribution in [1.29, 1.82) is 0 Å². The summed E-state index contributed by atoms with van der Waals surface area (Å²) in [6.07, 6.45) is 2.77. The molecule has 5 heteroatoms. The molecule has 1 heterocycles. The molecule has 0 amide bonds. The van der Waals surface area contributed by atoms with E-state index in [4.69, 9.17) is 0 Å². The Hall–Kier alpha value is -1.33. The van der Waals surface area contributed by atoms with Gasteiger partial charge in [-0.3, -0.25) is 0 Å². The summed E-state index contributed by atoms with van der Waals surface area (Å²) in [5.41, 5.74) is 2.35. The molecule has 1 aromatic heterocycles. The number of para-hydroxylation sites is 1. The summed E-state index contributed by atoms with van der Waals surface area (Å²) in [5, 5.41) is 1.19. The number of hydrogen-bond donors (Lipinski definition) is 1. The topological polar surface area (TPSA) is 51.1 Å². The normalized spacial score (nSPS) is 12.1. The standard InChI is InChI=1S/C13H18N2O2S/c1-3-18(16,17)14-9-8-11-10-15(2)13-7-5-4-6-12(11)13/h4-7,10,14H,3,8-9H2,1-2H3. The molecule has 2 aromatic rings. The van der Waals surface area contributed by atoms with Gasteiger partial charge in [-0.2, -0.15) is 0 Å². The molecular weight excluding hydrogens is 248 g/mol. The van der Waals surface area contributed by atoms with Gasteiger partial charge in [0.2, 0.25) is 10.0 Å². The molecule has 18 heavy (non-hydrogen) atoms. The maximum atomic E-state index is 11.3. The third-order valence-electron chi connectivity index (χ3n) is 3.08. The van der Waals surface area contributed by atoms with Gasteiger partial charge in [0.1, 0.15) is 0 Å². The molecule has 1 N–H and O–H groups in total. The first kappa shape index (κ1) is 13.1. The Kier molecular flexibility index (Phi) is 3.73. The van der Waals surface area contributed by atoms with Crippen molar-refractivity contribution in [3.63, 3.8) is 0 Å². The van der Waals surface area contributed by atoms with Crippen LogP contribution in [0.1, 0.15) is 12.5 Å². The molecule has 98 valence electrons. The van der Waals surface area contributed by atoms with E-state index in [1.807, 2.05) is 19.2 Å². The monoisotopic (exact) mass is 266 g/mol. The first-order valence-corrected chi connectivity index (χ1v) is 7.69. The van der Waals surface area contributed by atoms with Gasteiger partial charge in [0.15, 0.2) is 0 Å². The van der Waals surface area contributed by atoms with Gasteiger partial charge in [-0.25, -0.2) is 13.1 Å². The summed E-state index contributed by atoms with van der Waals surface area (Å²) in [4.78, 5) is 0. The molecule has 0 aliphatic carbocycles. The van der Waals surface area contributed by atoms with Gasteiger partial charge in [0, 0.05) is 30.7 Å². The van der Waals surface area contributed by atoms with Crippen LogP contribution in [0.25, 0.3) is 10.9 Å². The Bertz CT molecular complexity index is 644. The number of aryl methyl sites for hydroxylation is 1. The second-order valence-corrected chi connectivity index (χ2v) is 6.43. The molecule has 0 saturated heterocycles. The summed E-state index contributed by atoms with van der Waals surface area (Å²) in [7, 11) is -1.09. The van der Waals surface area contributed by atoms with E-state index in [9.17, 15) is 8.42 Å². The lowest BCUT2D eigenvalue weighted by Crippen LogP contribution is -2.27. The molecule has 0 spiro atoms. The third-order valence-corrected chi connectivity index (χ3v) is 4.48. The fourth-order valence-electron chi connectivity index (χ4n) is 2.07. The van der Waals surface area contributed by atoms with E-state index >= 15 is 0 Å². The van der Waals surface area contributed by atoms with E-state index in [0.717, 1.165) is 0 Å². The summed E-state index contributed by atoms with van der Waals surface area (Å²) in [6, 6.07) is 8.14. The zero-order valence-corrected chi connectivity index (χ0v) is 11.5. The van der Waals surface area contributed by atoms with Crippen molar-refractivity contribution in [1.82, 2.24) is 9.29 Å². The van der Waals surface area contributed by atoms with E-state index in [1.165, 1.54) is 16.5 Å². The lowest BCUT2D eigenvalue weighted by Gasteiger charge is -2.03. The van der Waals surface area contributed by atoms with Gasteiger partial charge < -0.3 is 4.57 Å². The van der Waals surface area contributed by atoms with Crippen molar-refractivity contribution in [3.05, 3.63) is 36.0 Å². The summed E-state index contributed by atoms with van der Waals surface area (Å²) < 4.78 is 27.3. The molecule has 0 aliphatic heterocycles. The van der Waals surface area contributed by atoms with Crippen LogP contribution in [-0.4, -0.2) is 25.3 Å². The molecule has 1 aromatic carbocycles. The van der Waals surface area contributed by atoms with Crippen LogP contribution < -0.4 is 4.72 Å². The van der Waals surface area contributed by atoms with E-state index in [2.05, 4.69) is 27.6 Å². The van der Waals surface area contributed by atoms with Crippen molar-refractivity contribution >= 4 is 20.9 Å². The number of nitrogens with one attached hydrogen (secondary N) is 1. The molecule has 0 fully saturated rings. The lowest BCUT2D eigenvalue weighted by molar-refractivity contribution is 0.583. The number of fused-ring (bicyclic) bond motifs is 1. The van der Waals surface area contributed by atoms with Gasteiger partial charge in [-0.15, -0.1) is 0 Å². The van der Waals surface area contributed by atoms with Crippen molar-refractivity contribution < 1.29 is 8.42 Å². The maximum absolute atomic E-state index is 11.3. The number of rotatable bonds is 5. The molecule has 0 unspecified atom stereocenters. The van der Waals surface area contributed by atoms with Crippen LogP contribution in [0.4, 0.5) is 0 Å². The van der Waals surface area contributed by atoms with Crippen molar-refractivity contribution in [2.75, 3.05) is 12.3 Å². The van der Waals surface area contributed by atoms with E-state index in [0.29, 0.717) is 13.0 Å². The number of hydrogen-bond acceptors (Lipinski definition) is 2. The highest BCUT2D eigenvalue weighted by molar-refractivity contribution is 7.89. The molecule has 2 rings (SSSR count). The molecule has 0 aliphatic rings. The number of benzene rings is 1. The van der Waals surface area contributed by atoms with Crippen molar-refractivity contribution in [2.24, 2.45) is 7.05 Å². The fourth-order valence-corrected chi connectivity index (χ4v) is 2.69. The first-order valence-electron chi connectivity index (χ1n) is 6.04. The second-order valence-electron chi connectivity index (χ2n) is 4.33. The summed E-state index contributed by atoms with van der Waals surface area (Å²) >= 11 is 0. The number of aromatic nitrogens is 1. The van der Waals surface area contributed by atoms with Crippen LogP contribution in [0.3, 0.4) is 0 Å². The summed E-state index contributed by atoms with van der Waals surface area (Å²) in [5.74, 6) is 0.128. The zero-order valence-electron chi connectivity index (χ0n) is 10.7. The third kappa shape index (κ3) is 2.73. The zero-order chi connectivity index (χ0) is 13.2. The number of nitrogens with zero attached hydrogens (tertiary/aromatic N) is 1. The molecule has 4 nitrogen and oxygen atoms in total. The van der Waals surface area contributed by atoms with Gasteiger partial charge in [0.05, 0.1) is 5.75 Å². The average Bonchev–Trinajstić information content (AvgIpc) is 2.67. The SMILES string of the molecule is CCS(=O)(=O)NCCc1cn(C)c2ccccc12. The van der Waals surface area contributed by atoms with Crippen molar-refractivity contribution in [3.8, 4) is 0 Å². The smallest absolute Gasteiger partial charge is 0.211 e. The highest BCUT2D eigenvalue weighted by atomic mass is 32.2. The van der Waals surface area contributed by atoms with Crippen LogP contribution in [0, 0.1) is 0 Å². The van der Waals surface area contributed by atoms with Crippen molar-refractivity contribution in [2.45, 2.75) is 13.3 Å². The molecular formula is C13H18N2O2S. The van der Waals surface area contributed by atoms with Crippen LogP contribution in [-0.2, 0) is 23.5 Å². The van der Waals surface area contributed by atoms with Crippen LogP contribution in [0.5, 0.6) is 0 Å². The minimum atomic E-state index is -3.09. The highest BCUT2D eigenvalue weighted by Crippen LogP contribution is 2.20. The fraction of sp³-hybridized carbons (Fsp3) is 0.385. The van der Waals surface area contributed by atoms with Gasteiger partial charge in [-0.1, -0.05) is 18.2 Å². The van der Waals surface area contributed by atoms with E-state index < -0.39 is 10.0 Å². The Labute approximate surface area is 108 Å². The van der Waals surface area contributed by atoms with Gasteiger partial charge in [-0.05, 0) is 25.0 Å². The molecule has 0 atom stereocenters. The minimum Gasteiger partial charge on any atom is -0.350 e. The maximum Gasteiger partial charge on any atom is 0.211 e. The number of sulfonamides is 1. The van der Waals surface area contributed by atoms with Gasteiger partial charge >= 0.3 is 0 Å². The molecule has 0 radical (unpaired) electrons.